The fraction of sp³-hybridized carbons (Fsp3) is 0.0714. The third kappa shape index (κ3) is 2.42. The summed E-state index contributed by atoms with van der Waals surface area (Å²) in [6.45, 7) is 0.535. The van der Waals surface area contributed by atoms with Gasteiger partial charge in [0.2, 0.25) is 0 Å². The molecular formula is C14H11ClN2O2S. The molecule has 20 heavy (non-hydrogen) atoms. The van der Waals surface area contributed by atoms with E-state index in [1.807, 2.05) is 18.2 Å². The fourth-order valence-electron chi connectivity index (χ4n) is 2.06. The highest BCUT2D eigenvalue weighted by atomic mass is 35.5. The molecule has 0 saturated carbocycles. The van der Waals surface area contributed by atoms with Gasteiger partial charge in [0.25, 0.3) is 10.0 Å². The topological polar surface area (TPSA) is 49.7 Å². The van der Waals surface area contributed by atoms with Crippen molar-refractivity contribution in [2.45, 2.75) is 11.4 Å². The number of sulfonamides is 1. The Labute approximate surface area is 122 Å². The number of hydrogen-bond donors (Lipinski definition) is 0. The van der Waals surface area contributed by atoms with Gasteiger partial charge >= 0.3 is 0 Å². The third-order valence-electron chi connectivity index (χ3n) is 3.04. The Morgan fingerprint density at radius 1 is 1.05 bits per heavy atom. The van der Waals surface area contributed by atoms with E-state index in [9.17, 15) is 8.42 Å². The molecule has 4 nitrogen and oxygen atoms in total. The molecule has 0 aromatic heterocycles. The maximum absolute atomic E-state index is 11.9. The summed E-state index contributed by atoms with van der Waals surface area (Å²) in [6, 6.07) is 14.3. The lowest BCUT2D eigenvalue weighted by atomic mass is 10.2. The summed E-state index contributed by atoms with van der Waals surface area (Å²) >= 11 is 5.85. The van der Waals surface area contributed by atoms with Gasteiger partial charge in [-0.15, -0.1) is 4.40 Å². The molecule has 0 spiro atoms. The van der Waals surface area contributed by atoms with E-state index in [2.05, 4.69) is 4.40 Å². The van der Waals surface area contributed by atoms with Crippen LogP contribution in [0.2, 0.25) is 5.02 Å². The molecule has 0 fully saturated rings. The Morgan fingerprint density at radius 3 is 2.50 bits per heavy atom. The van der Waals surface area contributed by atoms with Gasteiger partial charge in [-0.25, -0.2) is 0 Å². The summed E-state index contributed by atoms with van der Waals surface area (Å²) in [5, 5.41) is 0.670. The lowest BCUT2D eigenvalue weighted by Gasteiger charge is -2.25. The molecule has 2 aromatic rings. The number of fused-ring (bicyclic) bond motifs is 1. The maximum Gasteiger partial charge on any atom is 0.285 e. The van der Waals surface area contributed by atoms with E-state index < -0.39 is 10.0 Å². The molecule has 1 aliphatic heterocycles. The average Bonchev–Trinajstić information content (AvgIpc) is 2.45. The average molecular weight is 307 g/mol. The van der Waals surface area contributed by atoms with Crippen LogP contribution in [-0.2, 0) is 16.6 Å². The van der Waals surface area contributed by atoms with Gasteiger partial charge in [-0.1, -0.05) is 35.9 Å². The Hall–Kier alpha value is -1.85. The van der Waals surface area contributed by atoms with Crippen molar-refractivity contribution in [2.75, 3.05) is 4.90 Å². The number of rotatable bonds is 2. The summed E-state index contributed by atoms with van der Waals surface area (Å²) in [5.74, 6) is 0. The molecule has 1 heterocycles. The molecule has 2 aromatic carbocycles. The molecule has 1 aliphatic rings. The molecule has 0 radical (unpaired) electrons. The summed E-state index contributed by atoms with van der Waals surface area (Å²) in [5.41, 5.74) is 1.66. The first-order valence-corrected chi connectivity index (χ1v) is 7.79. The second-order valence-corrected chi connectivity index (χ2v) is 6.46. The van der Waals surface area contributed by atoms with E-state index in [0.717, 1.165) is 5.56 Å². The number of hydrogen-bond acceptors (Lipinski definition) is 3. The van der Waals surface area contributed by atoms with E-state index >= 15 is 0 Å². The Kier molecular flexibility index (Phi) is 3.23. The van der Waals surface area contributed by atoms with Crippen molar-refractivity contribution in [3.8, 4) is 0 Å². The second kappa shape index (κ2) is 4.92. The zero-order valence-corrected chi connectivity index (χ0v) is 12.0. The third-order valence-corrected chi connectivity index (χ3v) is 4.57. The quantitative estimate of drug-likeness (QED) is 0.856. The van der Waals surface area contributed by atoms with Crippen molar-refractivity contribution in [3.05, 3.63) is 59.1 Å². The number of halogens is 1. The van der Waals surface area contributed by atoms with Gasteiger partial charge in [0, 0.05) is 11.6 Å². The normalized spacial score (nSPS) is 15.9. The minimum Gasteiger partial charge on any atom is -0.326 e. The van der Waals surface area contributed by atoms with Gasteiger partial charge in [-0.05, 0) is 29.8 Å². The van der Waals surface area contributed by atoms with Crippen molar-refractivity contribution >= 4 is 33.7 Å². The first kappa shape index (κ1) is 13.1. The Balaban J connectivity index is 1.98. The van der Waals surface area contributed by atoms with E-state index in [4.69, 9.17) is 11.6 Å². The molecule has 3 rings (SSSR count). The minimum atomic E-state index is -3.57. The monoisotopic (exact) mass is 306 g/mol. The fourth-order valence-corrected chi connectivity index (χ4v) is 3.24. The minimum absolute atomic E-state index is 0.233. The molecule has 6 heteroatoms. The first-order valence-electron chi connectivity index (χ1n) is 5.97. The van der Waals surface area contributed by atoms with Crippen LogP contribution in [0.3, 0.4) is 0 Å². The SMILES string of the molecule is O=S1(=O)N=CN(Cc2ccc(Cl)cc2)c2ccccc21. The highest BCUT2D eigenvalue weighted by Gasteiger charge is 2.24. The molecule has 0 amide bonds. The van der Waals surface area contributed by atoms with Crippen LogP contribution in [0.4, 0.5) is 5.69 Å². The van der Waals surface area contributed by atoms with E-state index in [0.29, 0.717) is 17.3 Å². The summed E-state index contributed by atoms with van der Waals surface area (Å²) < 4.78 is 27.4. The maximum atomic E-state index is 11.9. The van der Waals surface area contributed by atoms with Crippen LogP contribution in [0.1, 0.15) is 5.56 Å². The smallest absolute Gasteiger partial charge is 0.285 e. The van der Waals surface area contributed by atoms with Crippen molar-refractivity contribution < 1.29 is 8.42 Å². The van der Waals surface area contributed by atoms with Gasteiger partial charge in [0.15, 0.2) is 0 Å². The van der Waals surface area contributed by atoms with Gasteiger partial charge in [-0.3, -0.25) is 0 Å². The van der Waals surface area contributed by atoms with E-state index in [-0.39, 0.29) is 4.90 Å². The zero-order valence-electron chi connectivity index (χ0n) is 10.4. The summed E-state index contributed by atoms with van der Waals surface area (Å²) in [6.07, 6.45) is 1.35. The first-order chi connectivity index (χ1) is 9.56. The standard InChI is InChI=1S/C14H11ClN2O2S/c15-12-7-5-11(6-8-12)9-17-10-16-20(18,19)14-4-2-1-3-13(14)17/h1-8,10H,9H2. The van der Waals surface area contributed by atoms with Crippen molar-refractivity contribution in [1.82, 2.24) is 0 Å². The highest BCUT2D eigenvalue weighted by Crippen LogP contribution is 2.30. The highest BCUT2D eigenvalue weighted by molar-refractivity contribution is 7.90. The number of nitrogens with zero attached hydrogens (tertiary/aromatic N) is 2. The molecule has 0 unspecified atom stereocenters. The van der Waals surface area contributed by atoms with Gasteiger partial charge < -0.3 is 4.90 Å². The van der Waals surface area contributed by atoms with Gasteiger partial charge in [0.05, 0.1) is 5.69 Å². The lowest BCUT2D eigenvalue weighted by Crippen LogP contribution is -2.26. The Morgan fingerprint density at radius 2 is 1.75 bits per heavy atom. The van der Waals surface area contributed by atoms with Crippen LogP contribution >= 0.6 is 11.6 Å². The van der Waals surface area contributed by atoms with Crippen molar-refractivity contribution in [3.63, 3.8) is 0 Å². The lowest BCUT2D eigenvalue weighted by molar-refractivity contribution is 0.597. The number of benzene rings is 2. The molecule has 0 aliphatic carbocycles. The van der Waals surface area contributed by atoms with Crippen LogP contribution < -0.4 is 4.90 Å². The van der Waals surface area contributed by atoms with Crippen LogP contribution in [0, 0.1) is 0 Å². The van der Waals surface area contributed by atoms with Crippen molar-refractivity contribution in [1.29, 1.82) is 0 Å². The van der Waals surface area contributed by atoms with E-state index in [1.54, 1.807) is 35.2 Å². The molecule has 102 valence electrons. The molecule has 0 N–H and O–H groups in total. The van der Waals surface area contributed by atoms with Crippen LogP contribution in [0.5, 0.6) is 0 Å². The molecule has 0 bridgehead atoms. The Bertz CT molecular complexity index is 770. The second-order valence-electron chi connectivity index (χ2n) is 4.42. The zero-order chi connectivity index (χ0) is 14.2. The van der Waals surface area contributed by atoms with Crippen LogP contribution in [0.15, 0.2) is 57.8 Å². The molecule has 0 atom stereocenters. The summed E-state index contributed by atoms with van der Waals surface area (Å²) in [4.78, 5) is 2.04. The number of para-hydroxylation sites is 1. The predicted octanol–water partition coefficient (Wildman–Crippen LogP) is 3.08. The predicted molar refractivity (Wildman–Crippen MR) is 79.8 cm³/mol. The molecular weight excluding hydrogens is 296 g/mol. The number of anilines is 1. The van der Waals surface area contributed by atoms with Crippen LogP contribution in [0.25, 0.3) is 0 Å². The van der Waals surface area contributed by atoms with Crippen LogP contribution in [-0.4, -0.2) is 14.8 Å². The van der Waals surface area contributed by atoms with Gasteiger partial charge in [0.1, 0.15) is 11.2 Å². The van der Waals surface area contributed by atoms with E-state index in [1.165, 1.54) is 6.34 Å². The van der Waals surface area contributed by atoms with Gasteiger partial charge in [-0.2, -0.15) is 8.42 Å². The van der Waals surface area contributed by atoms with Crippen molar-refractivity contribution in [2.24, 2.45) is 4.40 Å². The summed E-state index contributed by atoms with van der Waals surface area (Å²) in [7, 11) is -3.57. The molecule has 0 saturated heterocycles. The largest absolute Gasteiger partial charge is 0.326 e.